The molecule has 0 N–H and O–H groups in total. The third-order valence-corrected chi connectivity index (χ3v) is 7.88. The lowest BCUT2D eigenvalue weighted by molar-refractivity contribution is -0.734. The number of aryl methyl sites for hydroxylation is 2. The van der Waals surface area contributed by atoms with Gasteiger partial charge in [0.1, 0.15) is 0 Å². The minimum atomic E-state index is -0.504. The molecule has 2 unspecified atom stereocenters. The highest BCUT2D eigenvalue weighted by Crippen LogP contribution is 2.48. The molecule has 2 atom stereocenters. The molecular formula is C32H24N4O2+2. The van der Waals surface area contributed by atoms with Crippen molar-refractivity contribution in [3.05, 3.63) is 142 Å². The molecule has 2 aliphatic heterocycles. The van der Waals surface area contributed by atoms with Gasteiger partial charge in [0, 0.05) is 70.6 Å². The Balaban J connectivity index is 1.26. The third kappa shape index (κ3) is 2.52. The van der Waals surface area contributed by atoms with Crippen LogP contribution in [0.25, 0.3) is 23.0 Å². The molecule has 2 aliphatic carbocycles. The first-order chi connectivity index (χ1) is 18.6. The fraction of sp³-hybridized carbons (Fsp3) is 0.125. The van der Waals surface area contributed by atoms with E-state index in [1.165, 1.54) is 0 Å². The number of fused-ring (bicyclic) bond motifs is 6. The number of pyridine rings is 4. The Hall–Kier alpha value is -4.84. The van der Waals surface area contributed by atoms with Crippen LogP contribution in [0.1, 0.15) is 11.4 Å². The van der Waals surface area contributed by atoms with E-state index in [-0.39, 0.29) is 0 Å². The molecule has 6 nitrogen and oxygen atoms in total. The van der Waals surface area contributed by atoms with Crippen molar-refractivity contribution in [1.29, 1.82) is 0 Å². The number of allylic oxidation sites excluding steroid dienone is 2. The van der Waals surface area contributed by atoms with Crippen LogP contribution in [0.3, 0.4) is 0 Å². The third-order valence-electron chi connectivity index (χ3n) is 7.88. The molecule has 2 saturated heterocycles. The van der Waals surface area contributed by atoms with Crippen molar-refractivity contribution in [2.75, 3.05) is 0 Å². The van der Waals surface area contributed by atoms with Gasteiger partial charge >= 0.3 is 11.1 Å². The van der Waals surface area contributed by atoms with Crippen LogP contribution in [0.2, 0.25) is 0 Å². The van der Waals surface area contributed by atoms with E-state index in [0.29, 0.717) is 0 Å². The normalized spacial score (nSPS) is 23.7. The van der Waals surface area contributed by atoms with Crippen LogP contribution in [0.4, 0.5) is 0 Å². The molecule has 0 aromatic carbocycles. The second kappa shape index (κ2) is 7.35. The summed E-state index contributed by atoms with van der Waals surface area (Å²) in [5.74, 6) is 3.69. The minimum absolute atomic E-state index is 0.504. The van der Waals surface area contributed by atoms with E-state index < -0.39 is 11.1 Å². The van der Waals surface area contributed by atoms with Gasteiger partial charge in [0.2, 0.25) is 0 Å². The molecule has 8 rings (SSSR count). The van der Waals surface area contributed by atoms with Crippen molar-refractivity contribution in [3.8, 4) is 0 Å². The van der Waals surface area contributed by atoms with Crippen LogP contribution in [0.5, 0.6) is 0 Å². The molecule has 0 spiro atoms. The maximum atomic E-state index is 6.20. The Bertz CT molecular complexity index is 1850. The van der Waals surface area contributed by atoms with Crippen LogP contribution < -0.4 is 30.0 Å². The smallest absolute Gasteiger partial charge is 0.302 e. The Morgan fingerprint density at radius 2 is 0.974 bits per heavy atom. The number of hydrogen-bond acceptors (Lipinski definition) is 4. The lowest BCUT2D eigenvalue weighted by Crippen LogP contribution is -2.61. The van der Waals surface area contributed by atoms with Gasteiger partial charge in [0.25, 0.3) is 0 Å². The minimum Gasteiger partial charge on any atom is -0.448 e. The largest absolute Gasteiger partial charge is 0.448 e. The quantitative estimate of drug-likeness (QED) is 0.303. The SMILES string of the molecule is Cc1cc2c(cn1)=C1OC=2C1(/C=C/C=C/C1([n+]2ccccc2)C2=c3cnc(C)cc3=C1O2)[n+]1ccccc1. The zero-order chi connectivity index (χ0) is 25.5. The summed E-state index contributed by atoms with van der Waals surface area (Å²) >= 11 is 0. The standard InChI is InChI=1S/C32H24N4O2/c1-21-17-23-25(19-33-21)29-31(27(23)37-29,35-13-7-3-8-14-35)11-5-6-12-32(36-15-9-4-10-16-36)28-24-18-22(2)34-20-26(24)30(32)38-28/h3-20H,1-2H3/q+2/b11-5+,12-6+. The molecular weight excluding hydrogens is 472 g/mol. The average molecular weight is 497 g/mol. The summed E-state index contributed by atoms with van der Waals surface area (Å²) in [6.07, 6.45) is 20.9. The first-order valence-electron chi connectivity index (χ1n) is 12.7. The number of nitrogens with zero attached hydrogens (tertiary/aromatic N) is 4. The highest BCUT2D eigenvalue weighted by atomic mass is 16.5. The fourth-order valence-electron chi connectivity index (χ4n) is 6.13. The first-order valence-corrected chi connectivity index (χ1v) is 12.7. The first kappa shape index (κ1) is 21.3. The van der Waals surface area contributed by atoms with Crippen LogP contribution in [0, 0.1) is 13.8 Å². The summed E-state index contributed by atoms with van der Waals surface area (Å²) in [6.45, 7) is 4.02. The maximum absolute atomic E-state index is 6.20. The summed E-state index contributed by atoms with van der Waals surface area (Å²) in [4.78, 5) is 9.06. The van der Waals surface area contributed by atoms with Crippen molar-refractivity contribution in [2.45, 2.75) is 24.9 Å². The Morgan fingerprint density at radius 3 is 1.39 bits per heavy atom. The summed E-state index contributed by atoms with van der Waals surface area (Å²) in [7, 11) is 0. The number of ether oxygens (including phenoxy) is 2. The lowest BCUT2D eigenvalue weighted by atomic mass is 9.88. The van der Waals surface area contributed by atoms with Crippen LogP contribution >= 0.6 is 0 Å². The Kier molecular flexibility index (Phi) is 4.12. The van der Waals surface area contributed by atoms with Gasteiger partial charge in [-0.2, -0.15) is 9.13 Å². The topological polar surface area (TPSA) is 52.0 Å². The Labute approximate surface area is 218 Å². The zero-order valence-corrected chi connectivity index (χ0v) is 21.0. The summed E-state index contributed by atoms with van der Waals surface area (Å²) in [5.41, 5.74) is 0.944. The molecule has 6 heterocycles. The molecule has 6 heteroatoms. The van der Waals surface area contributed by atoms with Gasteiger partial charge in [-0.1, -0.05) is 24.3 Å². The van der Waals surface area contributed by atoms with Crippen molar-refractivity contribution >= 4 is 23.0 Å². The monoisotopic (exact) mass is 496 g/mol. The van der Waals surface area contributed by atoms with Gasteiger partial charge in [-0.25, -0.2) is 0 Å². The van der Waals surface area contributed by atoms with E-state index in [9.17, 15) is 0 Å². The molecule has 4 aliphatic rings. The van der Waals surface area contributed by atoms with Crippen molar-refractivity contribution in [1.82, 2.24) is 9.97 Å². The van der Waals surface area contributed by atoms with Crippen molar-refractivity contribution in [3.63, 3.8) is 0 Å². The molecule has 182 valence electrons. The van der Waals surface area contributed by atoms with Crippen molar-refractivity contribution < 1.29 is 18.6 Å². The fourth-order valence-corrected chi connectivity index (χ4v) is 6.13. The van der Waals surface area contributed by atoms with E-state index in [4.69, 9.17) is 9.47 Å². The molecule has 0 radical (unpaired) electrons. The lowest BCUT2D eigenvalue weighted by Gasteiger charge is -2.35. The second-order valence-electron chi connectivity index (χ2n) is 10.1. The molecule has 2 fully saturated rings. The van der Waals surface area contributed by atoms with Gasteiger partial charge < -0.3 is 9.47 Å². The van der Waals surface area contributed by atoms with E-state index in [0.717, 1.165) is 55.3 Å². The maximum Gasteiger partial charge on any atom is 0.302 e. The van der Waals surface area contributed by atoms with Gasteiger partial charge in [0.05, 0.1) is 10.4 Å². The zero-order valence-electron chi connectivity index (χ0n) is 21.0. The number of rotatable bonds is 5. The number of hydrogen-bond donors (Lipinski definition) is 0. The van der Waals surface area contributed by atoms with Gasteiger partial charge in [-0.3, -0.25) is 9.97 Å². The molecule has 4 aromatic rings. The highest BCUT2D eigenvalue weighted by Gasteiger charge is 2.63. The average Bonchev–Trinajstić information content (AvgIpc) is 3.64. The van der Waals surface area contributed by atoms with E-state index in [2.05, 4.69) is 80.3 Å². The highest BCUT2D eigenvalue weighted by molar-refractivity contribution is 5.85. The summed E-state index contributed by atoms with van der Waals surface area (Å²) < 4.78 is 16.8. The van der Waals surface area contributed by atoms with Gasteiger partial charge in [0.15, 0.2) is 47.8 Å². The number of aromatic nitrogens is 4. The molecule has 0 saturated carbocycles. The second-order valence-corrected chi connectivity index (χ2v) is 10.1. The predicted octanol–water partition coefficient (Wildman–Crippen LogP) is 0.792. The van der Waals surface area contributed by atoms with Crippen LogP contribution in [-0.4, -0.2) is 9.97 Å². The predicted molar refractivity (Wildman–Crippen MR) is 140 cm³/mol. The van der Waals surface area contributed by atoms with Gasteiger partial charge in [-0.05, 0) is 26.0 Å². The summed E-state index contributed by atoms with van der Waals surface area (Å²) in [5, 5.41) is 4.34. The van der Waals surface area contributed by atoms with E-state index in [1.54, 1.807) is 0 Å². The van der Waals surface area contributed by atoms with E-state index in [1.807, 2.05) is 62.6 Å². The molecule has 0 amide bonds. The van der Waals surface area contributed by atoms with Crippen LogP contribution in [-0.2, 0) is 20.6 Å². The Morgan fingerprint density at radius 1 is 0.579 bits per heavy atom. The van der Waals surface area contributed by atoms with Crippen molar-refractivity contribution in [2.24, 2.45) is 0 Å². The molecule has 4 aromatic heterocycles. The molecule has 4 bridgehead atoms. The van der Waals surface area contributed by atoms with E-state index >= 15 is 0 Å². The summed E-state index contributed by atoms with van der Waals surface area (Å²) in [6, 6.07) is 16.5. The van der Waals surface area contributed by atoms with Crippen LogP contribution in [0.15, 0.2) is 110 Å². The van der Waals surface area contributed by atoms with Gasteiger partial charge in [-0.15, -0.1) is 0 Å². The molecule has 38 heavy (non-hydrogen) atoms.